The maximum Gasteiger partial charge on any atom is 0.231 e. The number of piperidine rings is 1. The van der Waals surface area contributed by atoms with E-state index in [0.717, 1.165) is 36.2 Å². The number of aromatic amines is 1. The lowest BCUT2D eigenvalue weighted by molar-refractivity contribution is -0.120. The summed E-state index contributed by atoms with van der Waals surface area (Å²) in [6.07, 6.45) is 6.83. The van der Waals surface area contributed by atoms with E-state index in [1.54, 1.807) is 10.9 Å². The first kappa shape index (κ1) is 17.4. The topological polar surface area (TPSA) is 105 Å². The van der Waals surface area contributed by atoms with Crippen molar-refractivity contribution in [2.75, 3.05) is 23.3 Å². The van der Waals surface area contributed by atoms with Crippen molar-refractivity contribution >= 4 is 28.7 Å². The third-order valence-corrected chi connectivity index (χ3v) is 5.12. The van der Waals surface area contributed by atoms with Gasteiger partial charge in [-0.3, -0.25) is 10.1 Å². The normalized spacial score (nSPS) is 16.8. The van der Waals surface area contributed by atoms with Crippen LogP contribution in [0.25, 0.3) is 16.9 Å². The molecule has 0 spiro atoms. The largest absolute Gasteiger partial charge is 0.356 e. The van der Waals surface area contributed by atoms with Gasteiger partial charge in [-0.15, -0.1) is 0 Å². The number of nitrogens with zero attached hydrogens (tertiary/aromatic N) is 6. The van der Waals surface area contributed by atoms with Crippen molar-refractivity contribution in [3.63, 3.8) is 0 Å². The van der Waals surface area contributed by atoms with Crippen LogP contribution in [0, 0.1) is 5.92 Å². The summed E-state index contributed by atoms with van der Waals surface area (Å²) in [5.74, 6) is 1.81. The van der Waals surface area contributed by atoms with Gasteiger partial charge in [-0.2, -0.15) is 5.10 Å². The van der Waals surface area contributed by atoms with E-state index in [1.807, 2.05) is 42.6 Å². The lowest BCUT2D eigenvalue weighted by Crippen LogP contribution is -2.41. The quantitative estimate of drug-likeness (QED) is 0.556. The lowest BCUT2D eigenvalue weighted by atomic mass is 9.97. The zero-order chi connectivity index (χ0) is 19.6. The number of amides is 1. The number of H-pyrrole nitrogens is 1. The first-order valence-electron chi connectivity index (χ1n) is 9.59. The molecule has 1 unspecified atom stereocenters. The van der Waals surface area contributed by atoms with E-state index in [4.69, 9.17) is 0 Å². The van der Waals surface area contributed by atoms with Gasteiger partial charge in [0.25, 0.3) is 0 Å². The van der Waals surface area contributed by atoms with Crippen LogP contribution in [0.2, 0.25) is 0 Å². The van der Waals surface area contributed by atoms with E-state index in [2.05, 4.69) is 35.3 Å². The number of fused-ring (bicyclic) bond motifs is 1. The van der Waals surface area contributed by atoms with E-state index in [0.29, 0.717) is 18.3 Å². The van der Waals surface area contributed by atoms with Gasteiger partial charge in [-0.1, -0.05) is 12.1 Å². The van der Waals surface area contributed by atoms with E-state index in [9.17, 15) is 4.79 Å². The van der Waals surface area contributed by atoms with Crippen LogP contribution in [0.15, 0.2) is 55.1 Å². The Hall–Kier alpha value is -3.75. The van der Waals surface area contributed by atoms with Crippen LogP contribution in [0.4, 0.5) is 11.8 Å². The van der Waals surface area contributed by atoms with Crippen LogP contribution in [-0.4, -0.2) is 48.7 Å². The third kappa shape index (κ3) is 3.54. The molecule has 1 atom stereocenters. The van der Waals surface area contributed by atoms with Crippen molar-refractivity contribution in [3.8, 4) is 5.82 Å². The monoisotopic (exact) mass is 388 g/mol. The van der Waals surface area contributed by atoms with Crippen molar-refractivity contribution < 1.29 is 4.79 Å². The summed E-state index contributed by atoms with van der Waals surface area (Å²) in [5, 5.41) is 7.14. The average Bonchev–Trinajstić information content (AvgIpc) is 3.43. The Morgan fingerprint density at radius 2 is 2.07 bits per heavy atom. The molecular weight excluding hydrogens is 368 g/mol. The molecule has 146 valence electrons. The Labute approximate surface area is 166 Å². The summed E-state index contributed by atoms with van der Waals surface area (Å²) >= 11 is 0. The molecule has 1 fully saturated rings. The van der Waals surface area contributed by atoms with Crippen LogP contribution in [0.5, 0.6) is 0 Å². The molecule has 0 bridgehead atoms. The zero-order valence-electron chi connectivity index (χ0n) is 15.7. The number of hydrogen-bond acceptors (Lipinski definition) is 6. The van der Waals surface area contributed by atoms with Crippen LogP contribution >= 0.6 is 0 Å². The number of carbonyl (C=O) groups is 1. The molecular formula is C20H20N8O. The number of hydrogen-bond donors (Lipinski definition) is 2. The molecule has 1 aromatic carbocycles. The van der Waals surface area contributed by atoms with Crippen LogP contribution in [0.1, 0.15) is 12.8 Å². The van der Waals surface area contributed by atoms with Crippen molar-refractivity contribution in [2.24, 2.45) is 5.92 Å². The van der Waals surface area contributed by atoms with Gasteiger partial charge in [-0.25, -0.2) is 19.6 Å². The highest BCUT2D eigenvalue weighted by molar-refractivity contribution is 5.93. The first-order valence-corrected chi connectivity index (χ1v) is 9.59. The van der Waals surface area contributed by atoms with Gasteiger partial charge in [0, 0.05) is 31.5 Å². The highest BCUT2D eigenvalue weighted by Crippen LogP contribution is 2.24. The number of carbonyl (C=O) groups excluding carboxylic acids is 1. The molecule has 3 aromatic heterocycles. The predicted octanol–water partition coefficient (Wildman–Crippen LogP) is 2.39. The SMILES string of the molecule is O=C(Nc1nc2ccccc2[nH]1)C1CCCN(c2cc(-n3cccn3)ncn2)C1. The number of aromatic nitrogens is 6. The fourth-order valence-electron chi connectivity index (χ4n) is 3.67. The second kappa shape index (κ2) is 7.34. The Morgan fingerprint density at radius 1 is 1.17 bits per heavy atom. The molecule has 5 rings (SSSR count). The molecule has 0 radical (unpaired) electrons. The molecule has 9 heteroatoms. The van der Waals surface area contributed by atoms with Gasteiger partial charge in [-0.05, 0) is 31.0 Å². The van der Waals surface area contributed by atoms with Gasteiger partial charge in [0.15, 0.2) is 5.82 Å². The highest BCUT2D eigenvalue weighted by atomic mass is 16.2. The van der Waals surface area contributed by atoms with Crippen LogP contribution in [0.3, 0.4) is 0 Å². The standard InChI is InChI=1S/C20H20N8O/c29-19(26-20-24-15-6-1-2-7-16(15)25-20)14-5-3-9-27(12-14)17-11-18(22-13-21-17)28-10-4-8-23-28/h1-2,4,6-8,10-11,13-14H,3,5,9,12H2,(H2,24,25,26,29). The van der Waals surface area contributed by atoms with Crippen molar-refractivity contribution in [3.05, 3.63) is 55.1 Å². The average molecular weight is 388 g/mol. The summed E-state index contributed by atoms with van der Waals surface area (Å²) < 4.78 is 1.70. The molecule has 4 aromatic rings. The van der Waals surface area contributed by atoms with Crippen molar-refractivity contribution in [1.82, 2.24) is 29.7 Å². The third-order valence-electron chi connectivity index (χ3n) is 5.12. The van der Waals surface area contributed by atoms with E-state index in [-0.39, 0.29) is 11.8 Å². The van der Waals surface area contributed by atoms with Crippen molar-refractivity contribution in [1.29, 1.82) is 0 Å². The molecule has 1 aliphatic heterocycles. The Balaban J connectivity index is 1.30. The minimum atomic E-state index is -0.139. The van der Waals surface area contributed by atoms with Gasteiger partial charge in [0.2, 0.25) is 11.9 Å². The van der Waals surface area contributed by atoms with E-state index < -0.39 is 0 Å². The van der Waals surface area contributed by atoms with Gasteiger partial charge in [0.1, 0.15) is 12.1 Å². The summed E-state index contributed by atoms with van der Waals surface area (Å²) in [6, 6.07) is 11.5. The minimum Gasteiger partial charge on any atom is -0.356 e. The maximum atomic E-state index is 12.8. The molecule has 9 nitrogen and oxygen atoms in total. The second-order valence-corrected chi connectivity index (χ2v) is 7.06. The summed E-state index contributed by atoms with van der Waals surface area (Å²) in [4.78, 5) is 31.2. The van der Waals surface area contributed by atoms with Gasteiger partial charge >= 0.3 is 0 Å². The molecule has 1 amide bonds. The second-order valence-electron chi connectivity index (χ2n) is 7.06. The molecule has 1 aliphatic rings. The molecule has 2 N–H and O–H groups in total. The minimum absolute atomic E-state index is 0.0323. The van der Waals surface area contributed by atoms with E-state index >= 15 is 0 Å². The molecule has 29 heavy (non-hydrogen) atoms. The number of rotatable bonds is 4. The number of nitrogens with one attached hydrogen (secondary N) is 2. The van der Waals surface area contributed by atoms with Crippen molar-refractivity contribution in [2.45, 2.75) is 12.8 Å². The first-order chi connectivity index (χ1) is 14.3. The Morgan fingerprint density at radius 3 is 2.93 bits per heavy atom. The summed E-state index contributed by atoms with van der Waals surface area (Å²) in [7, 11) is 0. The predicted molar refractivity (Wildman–Crippen MR) is 109 cm³/mol. The van der Waals surface area contributed by atoms with Gasteiger partial charge < -0.3 is 9.88 Å². The van der Waals surface area contributed by atoms with Crippen LogP contribution in [-0.2, 0) is 4.79 Å². The molecule has 0 saturated carbocycles. The smallest absolute Gasteiger partial charge is 0.231 e. The molecule has 0 aliphatic carbocycles. The number of benzene rings is 1. The van der Waals surface area contributed by atoms with E-state index in [1.165, 1.54) is 6.33 Å². The summed E-state index contributed by atoms with van der Waals surface area (Å²) in [5.41, 5.74) is 1.74. The lowest BCUT2D eigenvalue weighted by Gasteiger charge is -2.32. The Kier molecular flexibility index (Phi) is 4.39. The Bertz CT molecular complexity index is 1100. The highest BCUT2D eigenvalue weighted by Gasteiger charge is 2.27. The molecule has 1 saturated heterocycles. The fraction of sp³-hybridized carbons (Fsp3) is 0.250. The maximum absolute atomic E-state index is 12.8. The van der Waals surface area contributed by atoms with Crippen LogP contribution < -0.4 is 10.2 Å². The summed E-state index contributed by atoms with van der Waals surface area (Å²) in [6.45, 7) is 1.45. The zero-order valence-corrected chi connectivity index (χ0v) is 15.7. The number of imidazole rings is 1. The number of anilines is 2. The molecule has 4 heterocycles. The van der Waals surface area contributed by atoms with Gasteiger partial charge in [0.05, 0.1) is 17.0 Å². The number of para-hydroxylation sites is 2. The fourth-order valence-corrected chi connectivity index (χ4v) is 3.67.